The molecule has 0 saturated heterocycles. The second-order valence-corrected chi connectivity index (χ2v) is 5.57. The summed E-state index contributed by atoms with van der Waals surface area (Å²) in [7, 11) is 0. The van der Waals surface area contributed by atoms with Gasteiger partial charge in [0.25, 0.3) is 0 Å². The summed E-state index contributed by atoms with van der Waals surface area (Å²) < 4.78 is 0. The van der Waals surface area contributed by atoms with Crippen LogP contribution in [-0.2, 0) is 6.54 Å². The maximum atomic E-state index is 8.92. The molecule has 26 heavy (non-hydrogen) atoms. The zero-order valence-electron chi connectivity index (χ0n) is 14.2. The average Bonchev–Trinajstić information content (AvgIpc) is 3.18. The van der Waals surface area contributed by atoms with Crippen LogP contribution in [0.5, 0.6) is 0 Å². The van der Waals surface area contributed by atoms with Crippen molar-refractivity contribution in [2.24, 2.45) is 10.7 Å². The summed E-state index contributed by atoms with van der Waals surface area (Å²) in [6.45, 7) is 2.21. The molecule has 0 aliphatic heterocycles. The third-order valence-electron chi connectivity index (χ3n) is 3.70. The highest BCUT2D eigenvalue weighted by Gasteiger charge is 2.13. The molecule has 8 heteroatoms. The van der Waals surface area contributed by atoms with Gasteiger partial charge in [-0.05, 0) is 42.0 Å². The lowest BCUT2D eigenvalue weighted by Crippen LogP contribution is -2.34. The Labute approximate surface area is 151 Å². The Balaban J connectivity index is 1.93. The van der Waals surface area contributed by atoms with E-state index in [0.717, 1.165) is 5.56 Å². The summed E-state index contributed by atoms with van der Waals surface area (Å²) in [5.41, 5.74) is 7.90. The van der Waals surface area contributed by atoms with Crippen LogP contribution in [-0.4, -0.2) is 26.2 Å². The van der Waals surface area contributed by atoms with Crippen LogP contribution in [0, 0.1) is 11.3 Å². The predicted molar refractivity (Wildman–Crippen MR) is 97.4 cm³/mol. The highest BCUT2D eigenvalue weighted by atomic mass is 15.6. The fraction of sp³-hybridized carbons (Fsp3) is 0.167. The largest absolute Gasteiger partial charge is 0.346 e. The standard InChI is InChI=1S/C18H18N8/c1-13(15-5-3-2-4-6-15)21-18(26-24-17(12-20)23-25-26)22-16-9-7-14(11-19)8-10-16/h2-10,13H,12,20H2,1H3,(H,21,22)/t13-/m0/s1. The lowest BCUT2D eigenvalue weighted by Gasteiger charge is -2.16. The molecule has 130 valence electrons. The molecule has 1 aromatic heterocycles. The SMILES string of the molecule is C[C@H](NC(=Nc1ccc(C#N)cc1)n1nnc(CN)n1)c1ccccc1. The maximum absolute atomic E-state index is 8.92. The van der Waals surface area contributed by atoms with Crippen LogP contribution < -0.4 is 11.1 Å². The Hall–Kier alpha value is -3.57. The second kappa shape index (κ2) is 8.00. The molecule has 0 fully saturated rings. The number of benzene rings is 2. The number of aliphatic imine (C=N–C) groups is 1. The number of aromatic nitrogens is 4. The van der Waals surface area contributed by atoms with Crippen molar-refractivity contribution in [3.63, 3.8) is 0 Å². The first kappa shape index (κ1) is 17.3. The van der Waals surface area contributed by atoms with E-state index in [1.54, 1.807) is 24.3 Å². The topological polar surface area (TPSA) is 118 Å². The Kier molecular flexibility index (Phi) is 5.31. The van der Waals surface area contributed by atoms with Gasteiger partial charge in [0.1, 0.15) is 0 Å². The molecule has 0 amide bonds. The molecule has 0 aliphatic carbocycles. The van der Waals surface area contributed by atoms with Crippen molar-refractivity contribution < 1.29 is 0 Å². The van der Waals surface area contributed by atoms with Crippen LogP contribution in [0.25, 0.3) is 0 Å². The van der Waals surface area contributed by atoms with E-state index >= 15 is 0 Å². The summed E-state index contributed by atoms with van der Waals surface area (Å²) in [6, 6.07) is 19.0. The molecule has 0 aliphatic rings. The van der Waals surface area contributed by atoms with Crippen LogP contribution in [0.1, 0.15) is 29.9 Å². The van der Waals surface area contributed by atoms with E-state index in [-0.39, 0.29) is 12.6 Å². The van der Waals surface area contributed by atoms with E-state index in [2.05, 4.69) is 31.8 Å². The smallest absolute Gasteiger partial charge is 0.245 e. The van der Waals surface area contributed by atoms with E-state index in [4.69, 9.17) is 11.0 Å². The van der Waals surface area contributed by atoms with Crippen molar-refractivity contribution >= 4 is 11.6 Å². The number of nitrogens with two attached hydrogens (primary N) is 1. The lowest BCUT2D eigenvalue weighted by molar-refractivity contribution is 0.650. The first-order valence-electron chi connectivity index (χ1n) is 8.09. The Morgan fingerprint density at radius 1 is 1.23 bits per heavy atom. The van der Waals surface area contributed by atoms with E-state index < -0.39 is 0 Å². The van der Waals surface area contributed by atoms with Crippen LogP contribution in [0.4, 0.5) is 5.69 Å². The first-order valence-corrected chi connectivity index (χ1v) is 8.09. The Bertz CT molecular complexity index is 922. The molecule has 3 aromatic rings. The molecule has 1 atom stereocenters. The number of nitrogens with zero attached hydrogens (tertiary/aromatic N) is 6. The molecule has 8 nitrogen and oxygen atoms in total. The number of nitrogens with one attached hydrogen (secondary N) is 1. The molecule has 0 radical (unpaired) electrons. The van der Waals surface area contributed by atoms with Gasteiger partial charge < -0.3 is 11.1 Å². The Morgan fingerprint density at radius 3 is 2.58 bits per heavy atom. The zero-order valence-corrected chi connectivity index (χ0v) is 14.2. The molecule has 0 bridgehead atoms. The van der Waals surface area contributed by atoms with Crippen molar-refractivity contribution in [2.75, 3.05) is 0 Å². The van der Waals surface area contributed by atoms with E-state index in [1.165, 1.54) is 4.80 Å². The third-order valence-corrected chi connectivity index (χ3v) is 3.70. The van der Waals surface area contributed by atoms with Crippen LogP contribution in [0.2, 0.25) is 0 Å². The summed E-state index contributed by atoms with van der Waals surface area (Å²) in [6.07, 6.45) is 0. The number of rotatable bonds is 4. The molecule has 3 N–H and O–H groups in total. The van der Waals surface area contributed by atoms with Gasteiger partial charge in [-0.2, -0.15) is 5.26 Å². The quantitative estimate of drug-likeness (QED) is 0.550. The minimum atomic E-state index is -0.0272. The first-order chi connectivity index (χ1) is 12.7. The van der Waals surface area contributed by atoms with Gasteiger partial charge in [-0.25, -0.2) is 4.99 Å². The van der Waals surface area contributed by atoms with E-state index in [0.29, 0.717) is 23.0 Å². The van der Waals surface area contributed by atoms with Crippen LogP contribution in [0.15, 0.2) is 59.6 Å². The number of hydrogen-bond donors (Lipinski definition) is 2. The third kappa shape index (κ3) is 4.09. The monoisotopic (exact) mass is 346 g/mol. The fourth-order valence-electron chi connectivity index (χ4n) is 2.30. The fourth-order valence-corrected chi connectivity index (χ4v) is 2.30. The summed E-state index contributed by atoms with van der Waals surface area (Å²) in [5.74, 6) is 0.838. The second-order valence-electron chi connectivity index (χ2n) is 5.57. The molecule has 1 heterocycles. The van der Waals surface area contributed by atoms with E-state index in [1.807, 2.05) is 37.3 Å². The molecule has 0 spiro atoms. The van der Waals surface area contributed by atoms with Gasteiger partial charge in [0.2, 0.25) is 5.96 Å². The van der Waals surface area contributed by atoms with Crippen molar-refractivity contribution in [1.29, 1.82) is 5.26 Å². The Morgan fingerprint density at radius 2 is 1.96 bits per heavy atom. The average molecular weight is 346 g/mol. The minimum Gasteiger partial charge on any atom is -0.346 e. The lowest BCUT2D eigenvalue weighted by atomic mass is 10.1. The van der Waals surface area contributed by atoms with Crippen LogP contribution >= 0.6 is 0 Å². The zero-order chi connectivity index (χ0) is 18.4. The van der Waals surface area contributed by atoms with Crippen LogP contribution in [0.3, 0.4) is 0 Å². The minimum absolute atomic E-state index is 0.0272. The van der Waals surface area contributed by atoms with Gasteiger partial charge in [-0.1, -0.05) is 35.1 Å². The van der Waals surface area contributed by atoms with Gasteiger partial charge in [-0.3, -0.25) is 0 Å². The number of tetrazole rings is 1. The predicted octanol–water partition coefficient (Wildman–Crippen LogP) is 1.89. The van der Waals surface area contributed by atoms with Gasteiger partial charge in [-0.15, -0.1) is 10.2 Å². The van der Waals surface area contributed by atoms with Crippen molar-refractivity contribution in [3.8, 4) is 6.07 Å². The summed E-state index contributed by atoms with van der Waals surface area (Å²) in [4.78, 5) is 5.89. The number of hydrogen-bond acceptors (Lipinski definition) is 6. The highest BCUT2D eigenvalue weighted by molar-refractivity contribution is 5.83. The molecule has 0 unspecified atom stereocenters. The number of nitriles is 1. The molecule has 0 saturated carbocycles. The molecular formula is C18H18N8. The van der Waals surface area contributed by atoms with Gasteiger partial charge in [0.15, 0.2) is 5.82 Å². The highest BCUT2D eigenvalue weighted by Crippen LogP contribution is 2.15. The normalized spacial score (nSPS) is 12.4. The van der Waals surface area contributed by atoms with E-state index in [9.17, 15) is 0 Å². The summed E-state index contributed by atoms with van der Waals surface area (Å²) in [5, 5.41) is 24.4. The maximum Gasteiger partial charge on any atom is 0.245 e. The van der Waals surface area contributed by atoms with Crippen molar-refractivity contribution in [3.05, 3.63) is 71.5 Å². The van der Waals surface area contributed by atoms with Gasteiger partial charge in [0.05, 0.1) is 29.9 Å². The molecule has 2 aromatic carbocycles. The summed E-state index contributed by atoms with van der Waals surface area (Å²) >= 11 is 0. The van der Waals surface area contributed by atoms with Crippen molar-refractivity contribution in [1.82, 2.24) is 25.5 Å². The van der Waals surface area contributed by atoms with Gasteiger partial charge >= 0.3 is 0 Å². The molecular weight excluding hydrogens is 328 g/mol. The van der Waals surface area contributed by atoms with Crippen molar-refractivity contribution in [2.45, 2.75) is 19.5 Å². The molecule has 3 rings (SSSR count). The van der Waals surface area contributed by atoms with Gasteiger partial charge in [0, 0.05) is 0 Å².